The summed E-state index contributed by atoms with van der Waals surface area (Å²) in [4.78, 5) is 19.9. The number of alkyl halides is 4. The number of rotatable bonds is 8. The SMILES string of the molecule is C[C@@H]1CN(C(=O)N[C@@](Cc2ccccc2)(c2cccc(OC(F)(F)C(F)F)c2)c2ccc(Cl)cn2)C[C@H](C)O1. The van der Waals surface area contributed by atoms with E-state index in [0.29, 0.717) is 29.4 Å². The largest absolute Gasteiger partial charge is 0.461 e. The third kappa shape index (κ3) is 6.80. The number of aromatic nitrogens is 1. The molecule has 1 N–H and O–H groups in total. The first-order valence-corrected chi connectivity index (χ1v) is 12.7. The summed E-state index contributed by atoms with van der Waals surface area (Å²) in [6.07, 6.45) is -7.58. The molecule has 0 saturated carbocycles. The fourth-order valence-electron chi connectivity index (χ4n) is 4.68. The number of pyridine rings is 1. The molecule has 1 fully saturated rings. The molecule has 11 heteroatoms. The van der Waals surface area contributed by atoms with Crippen molar-refractivity contribution in [1.82, 2.24) is 15.2 Å². The smallest absolute Gasteiger partial charge is 0.428 e. The number of carbonyl (C=O) groups excluding carboxylic acids is 1. The Morgan fingerprint density at radius 1 is 1.10 bits per heavy atom. The van der Waals surface area contributed by atoms with Gasteiger partial charge >= 0.3 is 18.6 Å². The van der Waals surface area contributed by atoms with Crippen LogP contribution in [0.4, 0.5) is 22.4 Å². The van der Waals surface area contributed by atoms with Gasteiger partial charge in [0.25, 0.3) is 0 Å². The van der Waals surface area contributed by atoms with Gasteiger partial charge in [-0.3, -0.25) is 4.98 Å². The molecule has 6 nitrogen and oxygen atoms in total. The summed E-state index contributed by atoms with van der Waals surface area (Å²) in [5.41, 5.74) is 0.0259. The van der Waals surface area contributed by atoms with Gasteiger partial charge in [0.2, 0.25) is 0 Å². The molecule has 0 radical (unpaired) electrons. The van der Waals surface area contributed by atoms with Gasteiger partial charge in [-0.25, -0.2) is 4.79 Å². The number of morpholine rings is 1. The zero-order valence-corrected chi connectivity index (χ0v) is 22.0. The molecule has 1 aromatic heterocycles. The topological polar surface area (TPSA) is 63.7 Å². The van der Waals surface area contributed by atoms with E-state index in [4.69, 9.17) is 16.3 Å². The molecule has 208 valence electrons. The number of ether oxygens (including phenoxy) is 2. The van der Waals surface area contributed by atoms with E-state index in [-0.39, 0.29) is 18.6 Å². The molecule has 4 rings (SSSR count). The van der Waals surface area contributed by atoms with Crippen LogP contribution in [0.2, 0.25) is 5.02 Å². The second-order valence-electron chi connectivity index (χ2n) is 9.51. The summed E-state index contributed by atoms with van der Waals surface area (Å²) in [6.45, 7) is 4.38. The van der Waals surface area contributed by atoms with Crippen LogP contribution in [0, 0.1) is 0 Å². The van der Waals surface area contributed by atoms with E-state index in [0.717, 1.165) is 11.6 Å². The zero-order chi connectivity index (χ0) is 28.2. The first-order valence-electron chi connectivity index (χ1n) is 12.3. The van der Waals surface area contributed by atoms with Gasteiger partial charge in [-0.05, 0) is 49.2 Å². The second kappa shape index (κ2) is 11.8. The number of benzene rings is 2. The van der Waals surface area contributed by atoms with Crippen LogP contribution < -0.4 is 10.1 Å². The Morgan fingerprint density at radius 2 is 1.79 bits per heavy atom. The minimum absolute atomic E-state index is 0.151. The maximum atomic E-state index is 13.8. The van der Waals surface area contributed by atoms with Crippen LogP contribution in [0.1, 0.15) is 30.7 Å². The van der Waals surface area contributed by atoms with Gasteiger partial charge < -0.3 is 19.7 Å². The van der Waals surface area contributed by atoms with Crippen LogP contribution in [-0.4, -0.2) is 53.7 Å². The van der Waals surface area contributed by atoms with Crippen molar-refractivity contribution in [1.29, 1.82) is 0 Å². The van der Waals surface area contributed by atoms with E-state index in [1.165, 1.54) is 18.3 Å². The molecule has 0 bridgehead atoms. The average molecular weight is 566 g/mol. The number of halogens is 5. The van der Waals surface area contributed by atoms with Crippen molar-refractivity contribution in [2.24, 2.45) is 0 Å². The Morgan fingerprint density at radius 3 is 2.41 bits per heavy atom. The van der Waals surface area contributed by atoms with Gasteiger partial charge in [-0.1, -0.05) is 54.1 Å². The predicted octanol–water partition coefficient (Wildman–Crippen LogP) is 6.28. The van der Waals surface area contributed by atoms with E-state index < -0.39 is 29.9 Å². The molecule has 0 spiro atoms. The Balaban J connectivity index is 1.85. The van der Waals surface area contributed by atoms with Crippen molar-refractivity contribution in [3.63, 3.8) is 0 Å². The standard InChI is InChI=1S/C28H28ClF4N3O3/c1-18-16-36(17-19(2)38-18)26(37)35-27(14-20-7-4-3-5-8-20,24-12-11-22(29)15-34-24)21-9-6-10-23(13-21)39-28(32,33)25(30)31/h3-13,15,18-19,25H,14,16-17H2,1-2H3,(H,35,37)/t18-,19+,27-/m0/s1. The summed E-state index contributed by atoms with van der Waals surface area (Å²) in [6, 6.07) is 17.3. The highest BCUT2D eigenvalue weighted by molar-refractivity contribution is 6.30. The van der Waals surface area contributed by atoms with Crippen LogP contribution in [0.25, 0.3) is 0 Å². The number of nitrogens with zero attached hydrogens (tertiary/aromatic N) is 2. The Kier molecular flexibility index (Phi) is 8.66. The van der Waals surface area contributed by atoms with Gasteiger partial charge in [0.1, 0.15) is 11.3 Å². The molecule has 2 heterocycles. The number of amides is 2. The molecular weight excluding hydrogens is 538 g/mol. The van der Waals surface area contributed by atoms with Crippen molar-refractivity contribution in [3.05, 3.63) is 94.8 Å². The summed E-state index contributed by atoms with van der Waals surface area (Å²) in [7, 11) is 0. The molecule has 3 atom stereocenters. The van der Waals surface area contributed by atoms with Crippen LogP contribution in [0.5, 0.6) is 5.75 Å². The van der Waals surface area contributed by atoms with Crippen molar-refractivity contribution < 1.29 is 31.8 Å². The number of hydrogen-bond donors (Lipinski definition) is 1. The van der Waals surface area contributed by atoms with E-state index >= 15 is 0 Å². The van der Waals surface area contributed by atoms with Crippen LogP contribution >= 0.6 is 11.6 Å². The first-order chi connectivity index (χ1) is 18.5. The molecule has 1 saturated heterocycles. The lowest BCUT2D eigenvalue weighted by Gasteiger charge is -2.40. The van der Waals surface area contributed by atoms with Crippen molar-refractivity contribution >= 4 is 17.6 Å². The number of urea groups is 1. The molecule has 0 unspecified atom stereocenters. The Bertz CT molecular complexity index is 1260. The van der Waals surface area contributed by atoms with Gasteiger partial charge in [-0.2, -0.15) is 17.6 Å². The maximum Gasteiger partial charge on any atom is 0.461 e. The summed E-state index contributed by atoms with van der Waals surface area (Å²) in [5.74, 6) is -0.493. The lowest BCUT2D eigenvalue weighted by Crippen LogP contribution is -2.57. The number of nitrogens with one attached hydrogen (secondary N) is 1. The summed E-state index contributed by atoms with van der Waals surface area (Å²) in [5, 5.41) is 3.44. The average Bonchev–Trinajstić information content (AvgIpc) is 2.88. The van der Waals surface area contributed by atoms with Gasteiger partial charge in [-0.15, -0.1) is 0 Å². The van der Waals surface area contributed by atoms with E-state index in [9.17, 15) is 22.4 Å². The van der Waals surface area contributed by atoms with Crippen LogP contribution in [-0.2, 0) is 16.7 Å². The van der Waals surface area contributed by atoms with E-state index in [1.807, 2.05) is 44.2 Å². The van der Waals surface area contributed by atoms with Crippen molar-refractivity contribution in [2.45, 2.75) is 50.5 Å². The van der Waals surface area contributed by atoms with Crippen molar-refractivity contribution in [3.8, 4) is 5.75 Å². The zero-order valence-electron chi connectivity index (χ0n) is 21.3. The minimum Gasteiger partial charge on any atom is -0.428 e. The highest BCUT2D eigenvalue weighted by Crippen LogP contribution is 2.37. The maximum absolute atomic E-state index is 13.8. The second-order valence-corrected chi connectivity index (χ2v) is 9.95. The first kappa shape index (κ1) is 28.6. The Hall–Kier alpha value is -3.37. The molecule has 2 amide bonds. The lowest BCUT2D eigenvalue weighted by molar-refractivity contribution is -0.253. The molecule has 1 aliphatic rings. The van der Waals surface area contributed by atoms with Crippen molar-refractivity contribution in [2.75, 3.05) is 13.1 Å². The lowest BCUT2D eigenvalue weighted by atomic mass is 9.80. The van der Waals surface area contributed by atoms with Gasteiger partial charge in [0.15, 0.2) is 0 Å². The van der Waals surface area contributed by atoms with E-state index in [2.05, 4.69) is 15.0 Å². The molecular formula is C28H28ClF4N3O3. The molecule has 1 aliphatic heterocycles. The highest BCUT2D eigenvalue weighted by atomic mass is 35.5. The van der Waals surface area contributed by atoms with Gasteiger partial charge in [0, 0.05) is 25.7 Å². The Labute approximate surface area is 228 Å². The molecule has 0 aliphatic carbocycles. The number of hydrogen-bond acceptors (Lipinski definition) is 4. The highest BCUT2D eigenvalue weighted by Gasteiger charge is 2.45. The summed E-state index contributed by atoms with van der Waals surface area (Å²) < 4.78 is 63.6. The normalized spacial score (nSPS) is 19.4. The monoisotopic (exact) mass is 565 g/mol. The minimum atomic E-state index is -4.71. The van der Waals surface area contributed by atoms with E-state index in [1.54, 1.807) is 23.1 Å². The predicted molar refractivity (Wildman–Crippen MR) is 138 cm³/mol. The fraction of sp³-hybridized carbons (Fsp3) is 0.357. The molecule has 39 heavy (non-hydrogen) atoms. The van der Waals surface area contributed by atoms with Gasteiger partial charge in [0.05, 0.1) is 22.9 Å². The fourth-order valence-corrected chi connectivity index (χ4v) is 4.80. The van der Waals surface area contributed by atoms with Crippen LogP contribution in [0.3, 0.4) is 0 Å². The molecule has 2 aromatic carbocycles. The van der Waals surface area contributed by atoms with Crippen LogP contribution in [0.15, 0.2) is 72.9 Å². The third-order valence-corrected chi connectivity index (χ3v) is 6.56. The number of carbonyl (C=O) groups is 1. The third-order valence-electron chi connectivity index (χ3n) is 6.34. The molecule has 3 aromatic rings. The quantitative estimate of drug-likeness (QED) is 0.327. The summed E-state index contributed by atoms with van der Waals surface area (Å²) >= 11 is 6.11.